The smallest absolute Gasteiger partial charge is 0.227 e. The second kappa shape index (κ2) is 8.11. The molecule has 1 aliphatic rings. The molecule has 21 heavy (non-hydrogen) atoms. The summed E-state index contributed by atoms with van der Waals surface area (Å²) in [5.41, 5.74) is 0.279. The summed E-state index contributed by atoms with van der Waals surface area (Å²) in [4.78, 5) is 14.0. The molecule has 0 atom stereocenters. The number of benzene rings is 1. The summed E-state index contributed by atoms with van der Waals surface area (Å²) in [6, 6.07) is 4.47. The maximum atomic E-state index is 13.7. The van der Waals surface area contributed by atoms with Crippen LogP contribution in [0.15, 0.2) is 18.2 Å². The molecule has 0 spiro atoms. The topological polar surface area (TPSA) is 29.5 Å². The van der Waals surface area contributed by atoms with Crippen molar-refractivity contribution in [3.63, 3.8) is 0 Å². The first kappa shape index (κ1) is 16.7. The Kier molecular flexibility index (Phi) is 6.45. The Hall–Kier alpha value is -0.650. The van der Waals surface area contributed by atoms with Gasteiger partial charge in [0.15, 0.2) is 0 Å². The fraction of sp³-hybridized carbons (Fsp3) is 0.533. The van der Waals surface area contributed by atoms with Gasteiger partial charge in [-0.05, 0) is 25.0 Å². The summed E-state index contributed by atoms with van der Waals surface area (Å²) in [5, 5.41) is 1.12. The number of rotatable bonds is 5. The highest BCUT2D eigenvalue weighted by Gasteiger charge is 2.24. The summed E-state index contributed by atoms with van der Waals surface area (Å²) < 4.78 is 19.4. The second-order valence-electron chi connectivity index (χ2n) is 5.02. The van der Waals surface area contributed by atoms with Crippen LogP contribution in [0.4, 0.5) is 4.39 Å². The zero-order chi connectivity index (χ0) is 15.2. The number of hydrogen-bond acceptors (Lipinski definition) is 2. The number of alkyl halides is 1. The van der Waals surface area contributed by atoms with E-state index in [1.54, 1.807) is 17.0 Å². The fourth-order valence-corrected chi connectivity index (χ4v) is 2.86. The van der Waals surface area contributed by atoms with Crippen LogP contribution >= 0.6 is 27.5 Å². The van der Waals surface area contributed by atoms with E-state index < -0.39 is 5.82 Å². The summed E-state index contributed by atoms with van der Waals surface area (Å²) in [6.07, 6.45) is 1.87. The van der Waals surface area contributed by atoms with E-state index in [0.717, 1.165) is 18.2 Å². The van der Waals surface area contributed by atoms with E-state index in [1.165, 1.54) is 6.07 Å². The number of likely N-dealkylation sites (tertiary alicyclic amines) is 1. The van der Waals surface area contributed by atoms with Gasteiger partial charge in [-0.15, -0.1) is 0 Å². The van der Waals surface area contributed by atoms with Gasteiger partial charge >= 0.3 is 0 Å². The van der Waals surface area contributed by atoms with E-state index in [9.17, 15) is 9.18 Å². The van der Waals surface area contributed by atoms with Crippen molar-refractivity contribution in [2.24, 2.45) is 0 Å². The van der Waals surface area contributed by atoms with E-state index in [2.05, 4.69) is 15.9 Å². The van der Waals surface area contributed by atoms with E-state index in [4.69, 9.17) is 16.3 Å². The summed E-state index contributed by atoms with van der Waals surface area (Å²) >= 11 is 9.28. The molecular weight excluding hydrogens is 361 g/mol. The second-order valence-corrected chi connectivity index (χ2v) is 6.22. The molecule has 1 saturated heterocycles. The van der Waals surface area contributed by atoms with Gasteiger partial charge in [-0.1, -0.05) is 33.6 Å². The van der Waals surface area contributed by atoms with Crippen LogP contribution in [-0.4, -0.2) is 41.9 Å². The molecule has 6 heteroatoms. The normalized spacial score (nSPS) is 16.2. The van der Waals surface area contributed by atoms with E-state index >= 15 is 0 Å². The van der Waals surface area contributed by atoms with Crippen LogP contribution < -0.4 is 0 Å². The molecule has 0 bridgehead atoms. The lowest BCUT2D eigenvalue weighted by Crippen LogP contribution is -2.41. The Morgan fingerprint density at radius 1 is 1.43 bits per heavy atom. The van der Waals surface area contributed by atoms with Crippen molar-refractivity contribution in [3.8, 4) is 0 Å². The summed E-state index contributed by atoms with van der Waals surface area (Å²) in [6.45, 7) is 1.99. The van der Waals surface area contributed by atoms with Crippen LogP contribution in [0.2, 0.25) is 5.02 Å². The number of piperidine rings is 1. The highest BCUT2D eigenvalue weighted by atomic mass is 79.9. The van der Waals surface area contributed by atoms with Crippen LogP contribution in [0.5, 0.6) is 0 Å². The quantitative estimate of drug-likeness (QED) is 0.735. The summed E-state index contributed by atoms with van der Waals surface area (Å²) in [7, 11) is 0. The third-order valence-electron chi connectivity index (χ3n) is 3.62. The first-order valence-electron chi connectivity index (χ1n) is 7.00. The van der Waals surface area contributed by atoms with Crippen LogP contribution in [0, 0.1) is 5.82 Å². The monoisotopic (exact) mass is 377 g/mol. The van der Waals surface area contributed by atoms with Crippen LogP contribution in [0.25, 0.3) is 0 Å². The molecule has 1 fully saturated rings. The summed E-state index contributed by atoms with van der Waals surface area (Å²) in [5.74, 6) is -0.507. The van der Waals surface area contributed by atoms with Crippen molar-refractivity contribution < 1.29 is 13.9 Å². The molecule has 1 aromatic rings. The van der Waals surface area contributed by atoms with Crippen molar-refractivity contribution in [3.05, 3.63) is 34.6 Å². The molecule has 3 nitrogen and oxygen atoms in total. The third kappa shape index (κ3) is 4.66. The maximum Gasteiger partial charge on any atom is 0.227 e. The number of nitrogens with zero attached hydrogens (tertiary/aromatic N) is 1. The van der Waals surface area contributed by atoms with Crippen molar-refractivity contribution >= 4 is 33.4 Å². The van der Waals surface area contributed by atoms with Gasteiger partial charge in [-0.2, -0.15) is 0 Å². The van der Waals surface area contributed by atoms with Gasteiger partial charge in [0, 0.05) is 29.0 Å². The number of carbonyl (C=O) groups is 1. The van der Waals surface area contributed by atoms with Crippen LogP contribution in [-0.2, 0) is 16.0 Å². The molecule has 0 unspecified atom stereocenters. The largest absolute Gasteiger partial charge is 0.377 e. The van der Waals surface area contributed by atoms with E-state index in [-0.39, 0.29) is 24.0 Å². The SMILES string of the molecule is O=C(Cc1c(F)cccc1Cl)N1CCC(OCCBr)CC1. The Bertz CT molecular complexity index is 472. The molecule has 0 saturated carbocycles. The van der Waals surface area contributed by atoms with Gasteiger partial charge in [-0.3, -0.25) is 4.79 Å². The third-order valence-corrected chi connectivity index (χ3v) is 4.29. The van der Waals surface area contributed by atoms with Crippen molar-refractivity contribution in [1.82, 2.24) is 4.90 Å². The molecule has 1 aliphatic heterocycles. The molecule has 0 aliphatic carbocycles. The number of halogens is 3. The first-order chi connectivity index (χ1) is 10.1. The molecule has 1 aromatic carbocycles. The van der Waals surface area contributed by atoms with Gasteiger partial charge in [-0.25, -0.2) is 4.39 Å². The Morgan fingerprint density at radius 2 is 2.14 bits per heavy atom. The van der Waals surface area contributed by atoms with Crippen LogP contribution in [0.1, 0.15) is 18.4 Å². The average Bonchev–Trinajstić information content (AvgIpc) is 2.49. The zero-order valence-corrected chi connectivity index (χ0v) is 14.0. The lowest BCUT2D eigenvalue weighted by Gasteiger charge is -2.32. The van der Waals surface area contributed by atoms with Crippen molar-refractivity contribution in [2.45, 2.75) is 25.4 Å². The minimum atomic E-state index is -0.425. The Balaban J connectivity index is 1.88. The minimum absolute atomic E-state index is 0.0123. The number of amides is 1. The lowest BCUT2D eigenvalue weighted by molar-refractivity contribution is -0.133. The lowest BCUT2D eigenvalue weighted by atomic mass is 10.1. The molecule has 0 aromatic heterocycles. The fourth-order valence-electron chi connectivity index (χ4n) is 2.45. The van der Waals surface area contributed by atoms with Crippen molar-refractivity contribution in [1.29, 1.82) is 0 Å². The Labute approximate surface area is 137 Å². The number of carbonyl (C=O) groups excluding carboxylic acids is 1. The van der Waals surface area contributed by atoms with E-state index in [1.807, 2.05) is 0 Å². The highest BCUT2D eigenvalue weighted by molar-refractivity contribution is 9.09. The first-order valence-corrected chi connectivity index (χ1v) is 8.50. The van der Waals surface area contributed by atoms with Gasteiger partial charge in [0.25, 0.3) is 0 Å². The number of ether oxygens (including phenoxy) is 1. The minimum Gasteiger partial charge on any atom is -0.377 e. The van der Waals surface area contributed by atoms with Gasteiger partial charge in [0.05, 0.1) is 19.1 Å². The molecule has 1 amide bonds. The number of hydrogen-bond donors (Lipinski definition) is 0. The molecule has 1 heterocycles. The molecular formula is C15H18BrClFNO2. The van der Waals surface area contributed by atoms with Gasteiger partial charge < -0.3 is 9.64 Å². The van der Waals surface area contributed by atoms with E-state index in [0.29, 0.717) is 24.7 Å². The maximum absolute atomic E-state index is 13.7. The molecule has 0 radical (unpaired) electrons. The highest BCUT2D eigenvalue weighted by Crippen LogP contribution is 2.21. The predicted molar refractivity (Wildman–Crippen MR) is 84.5 cm³/mol. The van der Waals surface area contributed by atoms with Gasteiger partial charge in [0.2, 0.25) is 5.91 Å². The molecule has 0 N–H and O–H groups in total. The molecule has 116 valence electrons. The zero-order valence-electron chi connectivity index (χ0n) is 11.7. The molecule has 2 rings (SSSR count). The predicted octanol–water partition coefficient (Wildman–Crippen LogP) is 3.42. The van der Waals surface area contributed by atoms with Gasteiger partial charge in [0.1, 0.15) is 5.82 Å². The van der Waals surface area contributed by atoms with Crippen molar-refractivity contribution in [2.75, 3.05) is 25.0 Å². The standard InChI is InChI=1S/C15H18BrClFNO2/c16-6-9-21-11-4-7-19(8-5-11)15(20)10-12-13(17)2-1-3-14(12)18/h1-3,11H,4-10H2. The average molecular weight is 379 g/mol. The Morgan fingerprint density at radius 3 is 2.76 bits per heavy atom. The van der Waals surface area contributed by atoms with Crippen LogP contribution in [0.3, 0.4) is 0 Å².